The second-order valence-corrected chi connectivity index (χ2v) is 3.68. The molecular weight excluding hydrogens is 235 g/mol. The van der Waals surface area contributed by atoms with E-state index in [1.807, 2.05) is 0 Å². The molecule has 2 aromatic rings. The molecule has 1 aromatic heterocycles. The highest BCUT2D eigenvalue weighted by Crippen LogP contribution is 2.25. The highest BCUT2D eigenvalue weighted by Gasteiger charge is 2.06. The van der Waals surface area contributed by atoms with Crippen molar-refractivity contribution in [2.75, 3.05) is 0 Å². The molecule has 0 atom stereocenters. The lowest BCUT2D eigenvalue weighted by atomic mass is 10.2. The number of aromatic nitrogens is 1. The zero-order chi connectivity index (χ0) is 9.42. The number of halogens is 2. The van der Waals surface area contributed by atoms with Gasteiger partial charge in [-0.05, 0) is 33.6 Å². The van der Waals surface area contributed by atoms with Crippen LogP contribution in [0.3, 0.4) is 0 Å². The minimum atomic E-state index is -0.266. The highest BCUT2D eigenvalue weighted by atomic mass is 79.9. The summed E-state index contributed by atoms with van der Waals surface area (Å²) in [5, 5.41) is 0.968. The van der Waals surface area contributed by atoms with Gasteiger partial charge in [0.05, 0.1) is 4.47 Å². The molecule has 3 N–H and O–H groups in total. The maximum atomic E-state index is 13.1. The van der Waals surface area contributed by atoms with E-state index in [0.29, 0.717) is 11.0 Å². The van der Waals surface area contributed by atoms with Crippen LogP contribution in [0.4, 0.5) is 4.39 Å². The Morgan fingerprint density at radius 1 is 1.46 bits per heavy atom. The maximum absolute atomic E-state index is 13.1. The fourth-order valence-electron chi connectivity index (χ4n) is 1.34. The van der Waals surface area contributed by atoms with Gasteiger partial charge in [-0.1, -0.05) is 0 Å². The first-order chi connectivity index (χ1) is 6.22. The monoisotopic (exact) mass is 242 g/mol. The second kappa shape index (κ2) is 3.12. The predicted octanol–water partition coefficient (Wildman–Crippen LogP) is 2.53. The average molecular weight is 243 g/mol. The number of hydrogen-bond acceptors (Lipinski definition) is 1. The van der Waals surface area contributed by atoms with Crippen LogP contribution >= 0.6 is 15.9 Å². The van der Waals surface area contributed by atoms with E-state index in [-0.39, 0.29) is 5.82 Å². The van der Waals surface area contributed by atoms with Gasteiger partial charge in [-0.15, -0.1) is 0 Å². The van der Waals surface area contributed by atoms with Gasteiger partial charge < -0.3 is 10.7 Å². The van der Waals surface area contributed by atoms with E-state index in [2.05, 4.69) is 20.9 Å². The Bertz CT molecular complexity index is 450. The summed E-state index contributed by atoms with van der Waals surface area (Å²) in [7, 11) is 0. The topological polar surface area (TPSA) is 41.8 Å². The van der Waals surface area contributed by atoms with Gasteiger partial charge in [0.15, 0.2) is 0 Å². The van der Waals surface area contributed by atoms with E-state index in [0.717, 1.165) is 16.5 Å². The molecule has 0 aliphatic heterocycles. The molecule has 2 rings (SSSR count). The third kappa shape index (κ3) is 1.36. The summed E-state index contributed by atoms with van der Waals surface area (Å²) >= 11 is 3.13. The molecule has 0 fully saturated rings. The summed E-state index contributed by atoms with van der Waals surface area (Å²) < 4.78 is 13.5. The average Bonchev–Trinajstić information content (AvgIpc) is 2.48. The first-order valence-electron chi connectivity index (χ1n) is 3.87. The van der Waals surface area contributed by atoms with Gasteiger partial charge in [0.25, 0.3) is 0 Å². The smallest absolute Gasteiger partial charge is 0.139 e. The van der Waals surface area contributed by atoms with Gasteiger partial charge in [-0.25, -0.2) is 4.39 Å². The van der Waals surface area contributed by atoms with Crippen molar-refractivity contribution in [2.45, 2.75) is 6.54 Å². The molecule has 0 spiro atoms. The molecule has 0 saturated heterocycles. The molecule has 1 aromatic carbocycles. The van der Waals surface area contributed by atoms with E-state index in [1.54, 1.807) is 12.3 Å². The van der Waals surface area contributed by atoms with Crippen LogP contribution < -0.4 is 5.73 Å². The molecule has 1 heterocycles. The minimum absolute atomic E-state index is 0.266. The molecule has 0 radical (unpaired) electrons. The summed E-state index contributed by atoms with van der Waals surface area (Å²) in [6, 6.07) is 3.20. The molecule has 0 aliphatic carbocycles. The number of hydrogen-bond donors (Lipinski definition) is 2. The van der Waals surface area contributed by atoms with E-state index >= 15 is 0 Å². The van der Waals surface area contributed by atoms with Gasteiger partial charge in [0.1, 0.15) is 5.82 Å². The van der Waals surface area contributed by atoms with Crippen LogP contribution in [-0.2, 0) is 6.54 Å². The lowest BCUT2D eigenvalue weighted by Crippen LogP contribution is -1.94. The number of aromatic amines is 1. The zero-order valence-corrected chi connectivity index (χ0v) is 8.36. The van der Waals surface area contributed by atoms with Gasteiger partial charge in [0, 0.05) is 23.6 Å². The van der Waals surface area contributed by atoms with Crippen LogP contribution in [0, 0.1) is 5.82 Å². The number of nitrogens with two attached hydrogens (primary N) is 1. The van der Waals surface area contributed by atoms with Crippen LogP contribution in [0.15, 0.2) is 22.8 Å². The SMILES string of the molecule is NCc1c[nH]c2cc(F)c(Br)cc12. The second-order valence-electron chi connectivity index (χ2n) is 2.83. The first kappa shape index (κ1) is 8.72. The normalized spacial score (nSPS) is 11.0. The summed E-state index contributed by atoms with van der Waals surface area (Å²) in [5.74, 6) is -0.266. The Labute approximate surface area is 83.1 Å². The Morgan fingerprint density at radius 2 is 2.23 bits per heavy atom. The van der Waals surface area contributed by atoms with Crippen LogP contribution in [0.1, 0.15) is 5.56 Å². The third-order valence-electron chi connectivity index (χ3n) is 2.03. The number of benzene rings is 1. The Morgan fingerprint density at radius 3 is 2.92 bits per heavy atom. The van der Waals surface area contributed by atoms with Gasteiger partial charge >= 0.3 is 0 Å². The van der Waals surface area contributed by atoms with E-state index < -0.39 is 0 Å². The Hall–Kier alpha value is -0.870. The standard InChI is InChI=1S/C9H8BrFN2/c10-7-1-6-5(3-12)4-13-9(6)2-8(7)11/h1-2,4,13H,3,12H2. The summed E-state index contributed by atoms with van der Waals surface area (Å²) in [5.41, 5.74) is 7.29. The van der Waals surface area contributed by atoms with Crippen molar-refractivity contribution < 1.29 is 4.39 Å². The van der Waals surface area contributed by atoms with E-state index in [9.17, 15) is 4.39 Å². The first-order valence-corrected chi connectivity index (χ1v) is 4.66. The molecule has 0 bridgehead atoms. The van der Waals surface area contributed by atoms with Crippen molar-refractivity contribution in [3.63, 3.8) is 0 Å². The molecule has 0 amide bonds. The van der Waals surface area contributed by atoms with Gasteiger partial charge in [-0.2, -0.15) is 0 Å². The third-order valence-corrected chi connectivity index (χ3v) is 2.64. The summed E-state index contributed by atoms with van der Waals surface area (Å²) in [6.45, 7) is 0.456. The summed E-state index contributed by atoms with van der Waals surface area (Å²) in [6.07, 6.45) is 1.80. The molecule has 13 heavy (non-hydrogen) atoms. The largest absolute Gasteiger partial charge is 0.361 e. The van der Waals surface area contributed by atoms with E-state index in [4.69, 9.17) is 5.73 Å². The molecule has 0 unspecified atom stereocenters. The van der Waals surface area contributed by atoms with Crippen molar-refractivity contribution in [3.8, 4) is 0 Å². The fraction of sp³-hybridized carbons (Fsp3) is 0.111. The van der Waals surface area contributed by atoms with E-state index in [1.165, 1.54) is 6.07 Å². The highest BCUT2D eigenvalue weighted by molar-refractivity contribution is 9.10. The van der Waals surface area contributed by atoms with Crippen LogP contribution in [0.25, 0.3) is 10.9 Å². The maximum Gasteiger partial charge on any atom is 0.139 e. The molecule has 68 valence electrons. The number of rotatable bonds is 1. The number of H-pyrrole nitrogens is 1. The molecule has 0 aliphatic rings. The minimum Gasteiger partial charge on any atom is -0.361 e. The predicted molar refractivity (Wildman–Crippen MR) is 53.8 cm³/mol. The summed E-state index contributed by atoms with van der Waals surface area (Å²) in [4.78, 5) is 2.97. The van der Waals surface area contributed by atoms with Crippen molar-refractivity contribution in [2.24, 2.45) is 5.73 Å². The number of fused-ring (bicyclic) bond motifs is 1. The molecule has 0 saturated carbocycles. The Balaban J connectivity index is 2.77. The van der Waals surface area contributed by atoms with Crippen LogP contribution in [-0.4, -0.2) is 4.98 Å². The lowest BCUT2D eigenvalue weighted by Gasteiger charge is -1.96. The fourth-order valence-corrected chi connectivity index (χ4v) is 1.69. The molecular formula is C9H8BrFN2. The van der Waals surface area contributed by atoms with Crippen molar-refractivity contribution in [3.05, 3.63) is 34.2 Å². The molecule has 2 nitrogen and oxygen atoms in total. The van der Waals surface area contributed by atoms with Crippen molar-refractivity contribution >= 4 is 26.8 Å². The molecule has 4 heteroatoms. The zero-order valence-electron chi connectivity index (χ0n) is 6.77. The van der Waals surface area contributed by atoms with Crippen molar-refractivity contribution in [1.29, 1.82) is 0 Å². The van der Waals surface area contributed by atoms with Gasteiger partial charge in [0.2, 0.25) is 0 Å². The van der Waals surface area contributed by atoms with Crippen LogP contribution in [0.5, 0.6) is 0 Å². The Kier molecular flexibility index (Phi) is 2.09. The quantitative estimate of drug-likeness (QED) is 0.793. The van der Waals surface area contributed by atoms with Crippen molar-refractivity contribution in [1.82, 2.24) is 4.98 Å². The van der Waals surface area contributed by atoms with Gasteiger partial charge in [-0.3, -0.25) is 0 Å². The van der Waals surface area contributed by atoms with Crippen LogP contribution in [0.2, 0.25) is 0 Å². The lowest BCUT2D eigenvalue weighted by molar-refractivity contribution is 0.623. The number of nitrogens with one attached hydrogen (secondary N) is 1.